The Hall–Kier alpha value is -1.62. The zero-order valence-electron chi connectivity index (χ0n) is 12.1. The highest BCUT2D eigenvalue weighted by Gasteiger charge is 2.32. The highest BCUT2D eigenvalue weighted by atomic mass is 16.9. The summed E-state index contributed by atoms with van der Waals surface area (Å²) in [5.74, 6) is 0.474. The summed E-state index contributed by atoms with van der Waals surface area (Å²) < 4.78 is 21.9. The third-order valence-electron chi connectivity index (χ3n) is 3.22. The van der Waals surface area contributed by atoms with Crippen molar-refractivity contribution in [1.82, 2.24) is 0 Å². The van der Waals surface area contributed by atoms with Crippen molar-refractivity contribution in [3.8, 4) is 5.75 Å². The Morgan fingerprint density at radius 1 is 1.05 bits per heavy atom. The van der Waals surface area contributed by atoms with Crippen LogP contribution in [-0.2, 0) is 20.2 Å². The molecule has 0 heterocycles. The van der Waals surface area contributed by atoms with Crippen LogP contribution in [0.1, 0.15) is 18.4 Å². The lowest BCUT2D eigenvalue weighted by atomic mass is 10.1. The lowest BCUT2D eigenvalue weighted by Crippen LogP contribution is -2.32. The first-order chi connectivity index (χ1) is 9.74. The molecule has 20 heavy (non-hydrogen) atoms. The summed E-state index contributed by atoms with van der Waals surface area (Å²) in [5.41, 5.74) is 0.745. The van der Waals surface area contributed by atoms with Crippen LogP contribution in [0, 0.1) is 0 Å². The van der Waals surface area contributed by atoms with Gasteiger partial charge < -0.3 is 18.9 Å². The standard InChI is InChI=1S/C16H20O4/c1-17-16(18-2,19-3)13-8-7-11-15(12-13)20-14-9-5-4-6-10-14/h4-5,7-9,11-12H,6,10H2,1-3H3. The topological polar surface area (TPSA) is 36.9 Å². The number of ether oxygens (including phenoxy) is 4. The molecule has 1 aliphatic rings. The van der Waals surface area contributed by atoms with Gasteiger partial charge >= 0.3 is 5.97 Å². The fraction of sp³-hybridized carbons (Fsp3) is 0.375. The molecule has 0 aromatic heterocycles. The molecule has 1 aromatic carbocycles. The number of allylic oxidation sites excluding steroid dienone is 4. The average molecular weight is 276 g/mol. The largest absolute Gasteiger partial charge is 0.462 e. The number of hydrogen-bond donors (Lipinski definition) is 0. The SMILES string of the molecule is COC(OC)(OC)c1cccc(OC2=CC=CCC2)c1. The second kappa shape index (κ2) is 6.70. The molecule has 0 saturated carbocycles. The second-order valence-electron chi connectivity index (χ2n) is 4.40. The Kier molecular flexibility index (Phi) is 4.95. The van der Waals surface area contributed by atoms with E-state index in [0.29, 0.717) is 0 Å². The lowest BCUT2D eigenvalue weighted by Gasteiger charge is -2.29. The molecule has 0 atom stereocenters. The maximum Gasteiger partial charge on any atom is 0.311 e. The molecule has 108 valence electrons. The van der Waals surface area contributed by atoms with E-state index in [1.54, 1.807) is 0 Å². The zero-order chi connectivity index (χ0) is 14.4. The minimum Gasteiger partial charge on any atom is -0.462 e. The molecule has 0 spiro atoms. The molecule has 1 aliphatic carbocycles. The van der Waals surface area contributed by atoms with Crippen molar-refractivity contribution in [3.05, 3.63) is 53.8 Å². The van der Waals surface area contributed by atoms with Gasteiger partial charge in [-0.05, 0) is 24.6 Å². The van der Waals surface area contributed by atoms with E-state index in [9.17, 15) is 0 Å². The third-order valence-corrected chi connectivity index (χ3v) is 3.22. The molecule has 0 fully saturated rings. The van der Waals surface area contributed by atoms with E-state index in [1.165, 1.54) is 21.3 Å². The van der Waals surface area contributed by atoms with Crippen molar-refractivity contribution in [2.24, 2.45) is 0 Å². The maximum absolute atomic E-state index is 5.87. The van der Waals surface area contributed by atoms with Gasteiger partial charge in [-0.2, -0.15) is 0 Å². The van der Waals surface area contributed by atoms with Gasteiger partial charge in [0.25, 0.3) is 0 Å². The lowest BCUT2D eigenvalue weighted by molar-refractivity contribution is -0.364. The predicted octanol–water partition coefficient (Wildman–Crippen LogP) is 3.35. The Labute approximate surface area is 119 Å². The van der Waals surface area contributed by atoms with E-state index in [0.717, 1.165) is 29.9 Å². The van der Waals surface area contributed by atoms with Crippen LogP contribution in [0.3, 0.4) is 0 Å². The van der Waals surface area contributed by atoms with E-state index in [1.807, 2.05) is 36.4 Å². The quantitative estimate of drug-likeness (QED) is 0.747. The second-order valence-corrected chi connectivity index (χ2v) is 4.40. The summed E-state index contributed by atoms with van der Waals surface area (Å²) in [6.45, 7) is 0. The molecule has 0 bridgehead atoms. The van der Waals surface area contributed by atoms with E-state index >= 15 is 0 Å². The van der Waals surface area contributed by atoms with Gasteiger partial charge in [-0.15, -0.1) is 0 Å². The van der Waals surface area contributed by atoms with Gasteiger partial charge in [-0.1, -0.05) is 24.3 Å². The summed E-state index contributed by atoms with van der Waals surface area (Å²) in [7, 11) is 4.61. The zero-order valence-corrected chi connectivity index (χ0v) is 12.1. The molecule has 0 N–H and O–H groups in total. The van der Waals surface area contributed by atoms with E-state index in [4.69, 9.17) is 18.9 Å². The minimum atomic E-state index is -1.21. The monoisotopic (exact) mass is 276 g/mol. The van der Waals surface area contributed by atoms with Gasteiger partial charge in [0, 0.05) is 33.3 Å². The van der Waals surface area contributed by atoms with Crippen LogP contribution >= 0.6 is 0 Å². The summed E-state index contributed by atoms with van der Waals surface area (Å²) in [4.78, 5) is 0. The molecule has 2 rings (SSSR count). The summed E-state index contributed by atoms with van der Waals surface area (Å²) in [6, 6.07) is 7.51. The molecule has 0 aliphatic heterocycles. The Bertz CT molecular complexity index is 493. The summed E-state index contributed by atoms with van der Waals surface area (Å²) in [5, 5.41) is 0. The summed E-state index contributed by atoms with van der Waals surface area (Å²) in [6.07, 6.45) is 8.02. The first-order valence-electron chi connectivity index (χ1n) is 6.53. The van der Waals surface area contributed by atoms with Crippen molar-refractivity contribution < 1.29 is 18.9 Å². The molecular weight excluding hydrogens is 256 g/mol. The van der Waals surface area contributed by atoms with E-state index in [2.05, 4.69) is 6.08 Å². The molecule has 0 amide bonds. The molecule has 0 saturated heterocycles. The Morgan fingerprint density at radius 2 is 1.80 bits per heavy atom. The van der Waals surface area contributed by atoms with Crippen LogP contribution < -0.4 is 4.74 Å². The third kappa shape index (κ3) is 3.10. The fourth-order valence-electron chi connectivity index (χ4n) is 2.17. The predicted molar refractivity (Wildman–Crippen MR) is 76.2 cm³/mol. The number of hydrogen-bond acceptors (Lipinski definition) is 4. The highest BCUT2D eigenvalue weighted by Crippen LogP contribution is 2.30. The first kappa shape index (κ1) is 14.8. The summed E-state index contributed by atoms with van der Waals surface area (Å²) >= 11 is 0. The van der Waals surface area contributed by atoms with Gasteiger partial charge in [0.05, 0.1) is 0 Å². The van der Waals surface area contributed by atoms with Crippen molar-refractivity contribution >= 4 is 0 Å². The number of benzene rings is 1. The first-order valence-corrected chi connectivity index (χ1v) is 6.53. The van der Waals surface area contributed by atoms with Gasteiger partial charge in [0.1, 0.15) is 11.5 Å². The molecule has 0 radical (unpaired) electrons. The minimum absolute atomic E-state index is 0.736. The van der Waals surface area contributed by atoms with Gasteiger partial charge in [0.2, 0.25) is 0 Å². The molecule has 4 heteroatoms. The molecule has 0 unspecified atom stereocenters. The normalized spacial score (nSPS) is 15.1. The molecule has 4 nitrogen and oxygen atoms in total. The van der Waals surface area contributed by atoms with E-state index < -0.39 is 5.97 Å². The number of rotatable bonds is 6. The Morgan fingerprint density at radius 3 is 2.40 bits per heavy atom. The van der Waals surface area contributed by atoms with Gasteiger partial charge in [0.15, 0.2) is 0 Å². The smallest absolute Gasteiger partial charge is 0.311 e. The van der Waals surface area contributed by atoms with Crippen LogP contribution in [-0.4, -0.2) is 21.3 Å². The average Bonchev–Trinajstić information content (AvgIpc) is 2.51. The number of methoxy groups -OCH3 is 3. The van der Waals surface area contributed by atoms with Crippen molar-refractivity contribution in [2.45, 2.75) is 18.8 Å². The van der Waals surface area contributed by atoms with Crippen LogP contribution in [0.5, 0.6) is 5.75 Å². The molecular formula is C16H20O4. The molecule has 1 aromatic rings. The maximum atomic E-state index is 5.87. The van der Waals surface area contributed by atoms with Crippen LogP contribution in [0.4, 0.5) is 0 Å². The highest BCUT2D eigenvalue weighted by molar-refractivity contribution is 5.32. The van der Waals surface area contributed by atoms with Crippen molar-refractivity contribution in [3.63, 3.8) is 0 Å². The fourth-order valence-corrected chi connectivity index (χ4v) is 2.17. The van der Waals surface area contributed by atoms with Crippen molar-refractivity contribution in [2.75, 3.05) is 21.3 Å². The van der Waals surface area contributed by atoms with Crippen LogP contribution in [0.2, 0.25) is 0 Å². The van der Waals surface area contributed by atoms with Gasteiger partial charge in [-0.25, -0.2) is 0 Å². The van der Waals surface area contributed by atoms with E-state index in [-0.39, 0.29) is 0 Å². The van der Waals surface area contributed by atoms with Crippen LogP contribution in [0.15, 0.2) is 48.3 Å². The Balaban J connectivity index is 2.23. The van der Waals surface area contributed by atoms with Crippen molar-refractivity contribution in [1.29, 1.82) is 0 Å². The van der Waals surface area contributed by atoms with Gasteiger partial charge in [-0.3, -0.25) is 0 Å². The van der Waals surface area contributed by atoms with Crippen LogP contribution in [0.25, 0.3) is 0 Å².